The zero-order chi connectivity index (χ0) is 16.8. The molecule has 0 bridgehead atoms. The van der Waals surface area contributed by atoms with Crippen LogP contribution in [0.15, 0.2) is 28.7 Å². The van der Waals surface area contributed by atoms with Crippen LogP contribution in [-0.4, -0.2) is 45.7 Å². The molecule has 0 fully saturated rings. The van der Waals surface area contributed by atoms with Gasteiger partial charge < -0.3 is 5.32 Å². The van der Waals surface area contributed by atoms with E-state index in [1.165, 1.54) is 0 Å². The highest BCUT2D eigenvalue weighted by atomic mass is 79.9. The lowest BCUT2D eigenvalue weighted by atomic mass is 10.2. The van der Waals surface area contributed by atoms with Gasteiger partial charge in [0, 0.05) is 16.6 Å². The fourth-order valence-corrected chi connectivity index (χ4v) is 2.75. The number of carbonyl (C=O) groups is 1. The predicted octanol–water partition coefficient (Wildman–Crippen LogP) is 2.79. The summed E-state index contributed by atoms with van der Waals surface area (Å²) in [4.78, 5) is 18.0. The summed E-state index contributed by atoms with van der Waals surface area (Å²) in [5.41, 5.74) is 0.945. The topological polar surface area (TPSA) is 66.0 Å². The van der Waals surface area contributed by atoms with Crippen molar-refractivity contribution < 1.29 is 4.79 Å². The minimum absolute atomic E-state index is 0.00594. The number of carbonyl (C=O) groups excluding carboxylic acids is 1. The molecule has 0 aliphatic heterocycles. The first-order valence-corrected chi connectivity index (χ1v) is 8.58. The molecule has 0 aliphatic carbocycles. The molecule has 0 spiro atoms. The molecule has 2 rings (SSSR count). The van der Waals surface area contributed by atoms with Crippen molar-refractivity contribution >= 4 is 34.1 Å². The molecule has 2 N–H and O–H groups in total. The molecule has 1 amide bonds. The van der Waals surface area contributed by atoms with Crippen molar-refractivity contribution in [2.75, 3.05) is 20.1 Å². The summed E-state index contributed by atoms with van der Waals surface area (Å²) in [6.07, 6.45) is 0.927. The summed E-state index contributed by atoms with van der Waals surface area (Å²) in [5.74, 6) is 0.706. The van der Waals surface area contributed by atoms with Gasteiger partial charge in [0.1, 0.15) is 0 Å². The van der Waals surface area contributed by atoms with Gasteiger partial charge in [-0.15, -0.1) is 0 Å². The number of hydrogen-bond donors (Lipinski definition) is 2. The summed E-state index contributed by atoms with van der Waals surface area (Å²) in [5, 5.41) is 6.04. The van der Waals surface area contributed by atoms with Crippen LogP contribution in [0.2, 0.25) is 0 Å². The lowest BCUT2D eigenvalue weighted by molar-refractivity contribution is -0.122. The number of aromatic amines is 1. The molecule has 6 nitrogen and oxygen atoms in total. The maximum atomic E-state index is 11.7. The molecule has 0 saturated carbocycles. The molecular formula is C15H20BrN5OS. The Kier molecular flexibility index (Phi) is 6.49. The highest BCUT2D eigenvalue weighted by molar-refractivity contribution is 9.10. The number of nitrogens with zero attached hydrogens (tertiary/aromatic N) is 3. The number of likely N-dealkylation sites (N-methyl/N-ethyl adjacent to an activating group) is 1. The lowest BCUT2D eigenvalue weighted by Gasteiger charge is -2.16. The molecular weight excluding hydrogens is 378 g/mol. The van der Waals surface area contributed by atoms with E-state index < -0.39 is 0 Å². The van der Waals surface area contributed by atoms with Gasteiger partial charge in [0.2, 0.25) is 10.7 Å². The lowest BCUT2D eigenvalue weighted by Crippen LogP contribution is -2.36. The van der Waals surface area contributed by atoms with E-state index in [2.05, 4.69) is 31.3 Å². The smallest absolute Gasteiger partial charge is 0.234 e. The third-order valence-corrected chi connectivity index (χ3v) is 4.18. The summed E-state index contributed by atoms with van der Waals surface area (Å²) in [6, 6.07) is 7.81. The standard InChI is InChI=1S/C15H20BrN5OS/c1-3-8-17-13(22)9-20(2)10-21-15(23)18-14(19-21)11-6-4-5-7-12(11)16/h4-7H,3,8-10H2,1-2H3,(H,17,22)(H,18,19,23). The third kappa shape index (κ3) is 4.98. The van der Waals surface area contributed by atoms with Crippen LogP contribution >= 0.6 is 28.1 Å². The van der Waals surface area contributed by atoms with E-state index in [9.17, 15) is 4.79 Å². The van der Waals surface area contributed by atoms with E-state index >= 15 is 0 Å². The van der Waals surface area contributed by atoms with E-state index in [0.29, 0.717) is 30.4 Å². The monoisotopic (exact) mass is 397 g/mol. The molecule has 1 aromatic carbocycles. The van der Waals surface area contributed by atoms with Crippen LogP contribution in [-0.2, 0) is 11.5 Å². The maximum absolute atomic E-state index is 11.7. The molecule has 0 unspecified atom stereocenters. The molecule has 0 radical (unpaired) electrons. The number of benzene rings is 1. The Morgan fingerprint density at radius 1 is 1.48 bits per heavy atom. The minimum atomic E-state index is 0.00594. The Labute approximate surface area is 149 Å². The van der Waals surface area contributed by atoms with Gasteiger partial charge in [-0.1, -0.05) is 41.1 Å². The molecule has 124 valence electrons. The largest absolute Gasteiger partial charge is 0.355 e. The summed E-state index contributed by atoms with van der Waals surface area (Å²) < 4.78 is 3.15. The second kappa shape index (κ2) is 8.37. The molecule has 0 atom stereocenters. The summed E-state index contributed by atoms with van der Waals surface area (Å²) in [6.45, 7) is 3.50. The van der Waals surface area contributed by atoms with E-state index in [1.807, 2.05) is 43.1 Å². The fourth-order valence-electron chi connectivity index (χ4n) is 2.08. The number of rotatable bonds is 7. The number of nitrogens with one attached hydrogen (secondary N) is 2. The normalized spacial score (nSPS) is 11.0. The Morgan fingerprint density at radius 2 is 2.22 bits per heavy atom. The van der Waals surface area contributed by atoms with E-state index in [1.54, 1.807) is 4.68 Å². The number of H-pyrrole nitrogens is 1. The Hall–Kier alpha value is -1.51. The SMILES string of the molecule is CCCNC(=O)CN(C)Cn1[nH]c(-c2ccccc2Br)nc1=S. The number of amides is 1. The van der Waals surface area contributed by atoms with Crippen LogP contribution in [0.5, 0.6) is 0 Å². The van der Waals surface area contributed by atoms with E-state index in [0.717, 1.165) is 16.5 Å². The van der Waals surface area contributed by atoms with Gasteiger partial charge in [0.05, 0.1) is 13.2 Å². The van der Waals surface area contributed by atoms with Crippen molar-refractivity contribution in [2.45, 2.75) is 20.0 Å². The van der Waals surface area contributed by atoms with Gasteiger partial charge in [-0.3, -0.25) is 14.8 Å². The average molecular weight is 398 g/mol. The number of aromatic nitrogens is 3. The van der Waals surface area contributed by atoms with Crippen LogP contribution < -0.4 is 5.32 Å². The number of halogens is 1. The predicted molar refractivity (Wildman–Crippen MR) is 96.5 cm³/mol. The quantitative estimate of drug-likeness (QED) is 0.704. The zero-order valence-corrected chi connectivity index (χ0v) is 15.6. The van der Waals surface area contributed by atoms with Crippen molar-refractivity contribution in [3.63, 3.8) is 0 Å². The van der Waals surface area contributed by atoms with Crippen molar-refractivity contribution in [3.8, 4) is 11.4 Å². The molecule has 8 heteroatoms. The summed E-state index contributed by atoms with van der Waals surface area (Å²) in [7, 11) is 1.87. The highest BCUT2D eigenvalue weighted by Crippen LogP contribution is 2.24. The maximum Gasteiger partial charge on any atom is 0.234 e. The first-order chi connectivity index (χ1) is 11.0. The molecule has 1 heterocycles. The Morgan fingerprint density at radius 3 is 2.91 bits per heavy atom. The van der Waals surface area contributed by atoms with E-state index in [-0.39, 0.29) is 5.91 Å². The van der Waals surface area contributed by atoms with Gasteiger partial charge in [-0.2, -0.15) is 4.98 Å². The van der Waals surface area contributed by atoms with Crippen LogP contribution in [0.4, 0.5) is 0 Å². The van der Waals surface area contributed by atoms with Crippen LogP contribution in [0, 0.1) is 4.77 Å². The van der Waals surface area contributed by atoms with Gasteiger partial charge in [-0.05, 0) is 31.8 Å². The minimum Gasteiger partial charge on any atom is -0.355 e. The molecule has 0 saturated heterocycles. The zero-order valence-electron chi connectivity index (χ0n) is 13.2. The van der Waals surface area contributed by atoms with Crippen molar-refractivity contribution in [1.29, 1.82) is 0 Å². The third-order valence-electron chi connectivity index (χ3n) is 3.18. The highest BCUT2D eigenvalue weighted by Gasteiger charge is 2.11. The second-order valence-corrected chi connectivity index (χ2v) is 6.49. The molecule has 0 aliphatic rings. The number of hydrogen-bond acceptors (Lipinski definition) is 4. The van der Waals surface area contributed by atoms with Gasteiger partial charge in [-0.25, -0.2) is 4.68 Å². The average Bonchev–Trinajstić information content (AvgIpc) is 2.86. The van der Waals surface area contributed by atoms with Gasteiger partial charge >= 0.3 is 0 Å². The fraction of sp³-hybridized carbons (Fsp3) is 0.400. The van der Waals surface area contributed by atoms with Crippen LogP contribution in [0.3, 0.4) is 0 Å². The van der Waals surface area contributed by atoms with Crippen molar-refractivity contribution in [2.24, 2.45) is 0 Å². The molecule has 2 aromatic rings. The first kappa shape index (κ1) is 17.8. The summed E-state index contributed by atoms with van der Waals surface area (Å²) >= 11 is 8.80. The van der Waals surface area contributed by atoms with Crippen molar-refractivity contribution in [3.05, 3.63) is 33.5 Å². The van der Waals surface area contributed by atoms with Crippen LogP contribution in [0.1, 0.15) is 13.3 Å². The van der Waals surface area contributed by atoms with Crippen LogP contribution in [0.25, 0.3) is 11.4 Å². The Balaban J connectivity index is 2.06. The van der Waals surface area contributed by atoms with Gasteiger partial charge in [0.25, 0.3) is 0 Å². The van der Waals surface area contributed by atoms with Crippen molar-refractivity contribution in [1.82, 2.24) is 25.0 Å². The second-order valence-electron chi connectivity index (χ2n) is 5.27. The first-order valence-electron chi connectivity index (χ1n) is 7.38. The van der Waals surface area contributed by atoms with E-state index in [4.69, 9.17) is 12.2 Å². The molecule has 1 aromatic heterocycles. The Bertz CT molecular complexity index is 727. The van der Waals surface area contributed by atoms with Gasteiger partial charge in [0.15, 0.2) is 5.82 Å². The molecule has 23 heavy (non-hydrogen) atoms.